The Balaban J connectivity index is 2.21. The van der Waals surface area contributed by atoms with Gasteiger partial charge in [0.2, 0.25) is 10.0 Å². The molecule has 4 nitrogen and oxygen atoms in total. The zero-order chi connectivity index (χ0) is 15.6. The molecular formula is C15H26N2O2S2. The van der Waals surface area contributed by atoms with E-state index in [2.05, 4.69) is 13.8 Å². The summed E-state index contributed by atoms with van der Waals surface area (Å²) in [6.07, 6.45) is 3.04. The molecule has 0 bridgehead atoms. The topological polar surface area (TPSA) is 63.4 Å². The minimum Gasteiger partial charge on any atom is -0.326 e. The Labute approximate surface area is 132 Å². The van der Waals surface area contributed by atoms with Gasteiger partial charge in [-0.05, 0) is 44.1 Å². The van der Waals surface area contributed by atoms with Gasteiger partial charge in [0.05, 0.1) is 4.90 Å². The van der Waals surface area contributed by atoms with Gasteiger partial charge in [-0.15, -0.1) is 11.3 Å². The molecule has 0 aliphatic carbocycles. The Hall–Kier alpha value is -0.430. The number of hydrogen-bond acceptors (Lipinski definition) is 4. The van der Waals surface area contributed by atoms with E-state index < -0.39 is 10.0 Å². The largest absolute Gasteiger partial charge is 0.326 e. The van der Waals surface area contributed by atoms with Crippen molar-refractivity contribution in [2.45, 2.75) is 51.5 Å². The average molecular weight is 331 g/mol. The van der Waals surface area contributed by atoms with Crippen LogP contribution in [0.4, 0.5) is 0 Å². The van der Waals surface area contributed by atoms with Crippen LogP contribution in [0.5, 0.6) is 0 Å². The molecule has 0 amide bonds. The fourth-order valence-electron chi connectivity index (χ4n) is 3.02. The van der Waals surface area contributed by atoms with Crippen molar-refractivity contribution in [2.24, 2.45) is 17.6 Å². The molecule has 1 aromatic rings. The summed E-state index contributed by atoms with van der Waals surface area (Å²) in [5.74, 6) is 1.26. The van der Waals surface area contributed by atoms with E-state index in [1.807, 2.05) is 6.92 Å². The highest BCUT2D eigenvalue weighted by atomic mass is 32.2. The lowest BCUT2D eigenvalue weighted by molar-refractivity contribution is 0.341. The molecule has 1 saturated heterocycles. The van der Waals surface area contributed by atoms with E-state index in [9.17, 15) is 8.42 Å². The van der Waals surface area contributed by atoms with E-state index in [1.165, 1.54) is 11.3 Å². The number of nitrogens with two attached hydrogens (primary N) is 1. The highest BCUT2D eigenvalue weighted by Gasteiger charge is 2.30. The van der Waals surface area contributed by atoms with Crippen LogP contribution in [0.25, 0.3) is 0 Å². The Morgan fingerprint density at radius 2 is 2.10 bits per heavy atom. The van der Waals surface area contributed by atoms with Crippen molar-refractivity contribution < 1.29 is 8.42 Å². The second-order valence-electron chi connectivity index (χ2n) is 6.18. The van der Waals surface area contributed by atoms with Crippen LogP contribution in [0.1, 0.15) is 42.9 Å². The number of sulfonamides is 1. The summed E-state index contributed by atoms with van der Waals surface area (Å²) < 4.78 is 27.4. The average Bonchev–Trinajstić information content (AvgIpc) is 2.65. The van der Waals surface area contributed by atoms with E-state index in [0.29, 0.717) is 36.4 Å². The summed E-state index contributed by atoms with van der Waals surface area (Å²) in [5, 5.41) is 0. The summed E-state index contributed by atoms with van der Waals surface area (Å²) in [7, 11) is -3.37. The second kappa shape index (κ2) is 6.77. The summed E-state index contributed by atoms with van der Waals surface area (Å²) in [6.45, 7) is 8.00. The first-order valence-corrected chi connectivity index (χ1v) is 9.91. The van der Waals surface area contributed by atoms with Crippen molar-refractivity contribution in [3.63, 3.8) is 0 Å². The third-order valence-corrected chi connectivity index (χ3v) is 7.64. The van der Waals surface area contributed by atoms with Gasteiger partial charge in [0, 0.05) is 29.4 Å². The molecule has 120 valence electrons. The maximum absolute atomic E-state index is 12.9. The van der Waals surface area contributed by atoms with E-state index in [4.69, 9.17) is 5.73 Å². The van der Waals surface area contributed by atoms with Crippen LogP contribution in [-0.4, -0.2) is 25.8 Å². The number of aryl methyl sites for hydroxylation is 1. The molecule has 2 rings (SSSR count). The van der Waals surface area contributed by atoms with Crippen LogP contribution in [0.2, 0.25) is 0 Å². The second-order valence-corrected chi connectivity index (χ2v) is 9.42. The van der Waals surface area contributed by atoms with Gasteiger partial charge < -0.3 is 5.73 Å². The highest BCUT2D eigenvalue weighted by molar-refractivity contribution is 7.89. The fourth-order valence-corrected chi connectivity index (χ4v) is 6.00. The van der Waals surface area contributed by atoms with Crippen molar-refractivity contribution in [1.29, 1.82) is 0 Å². The number of thiophene rings is 1. The monoisotopic (exact) mass is 330 g/mol. The Bertz CT molecular complexity index is 578. The van der Waals surface area contributed by atoms with Crippen LogP contribution in [-0.2, 0) is 16.6 Å². The molecule has 0 spiro atoms. The first-order chi connectivity index (χ1) is 9.86. The predicted molar refractivity (Wildman–Crippen MR) is 87.9 cm³/mol. The van der Waals surface area contributed by atoms with Crippen molar-refractivity contribution in [3.05, 3.63) is 15.8 Å². The van der Waals surface area contributed by atoms with Gasteiger partial charge in [0.15, 0.2) is 0 Å². The van der Waals surface area contributed by atoms with Crippen LogP contribution >= 0.6 is 11.3 Å². The van der Waals surface area contributed by atoms with E-state index in [-0.39, 0.29) is 0 Å². The quantitative estimate of drug-likeness (QED) is 0.923. The van der Waals surface area contributed by atoms with Gasteiger partial charge in [0.1, 0.15) is 0 Å². The lowest BCUT2D eigenvalue weighted by Crippen LogP contribution is -2.32. The van der Waals surface area contributed by atoms with Crippen molar-refractivity contribution >= 4 is 21.4 Å². The van der Waals surface area contributed by atoms with Gasteiger partial charge >= 0.3 is 0 Å². The molecule has 0 aromatic carbocycles. The summed E-state index contributed by atoms with van der Waals surface area (Å²) in [6, 6.07) is 1.75. The van der Waals surface area contributed by atoms with Crippen LogP contribution in [0, 0.1) is 18.8 Å². The highest BCUT2D eigenvalue weighted by Crippen LogP contribution is 2.31. The molecule has 2 N–H and O–H groups in total. The SMILES string of the molecule is Cc1sc(CN)cc1S(=O)(=O)N1CCCC(C(C)C)CC1. The molecule has 1 atom stereocenters. The van der Waals surface area contributed by atoms with E-state index in [0.717, 1.165) is 29.0 Å². The molecule has 1 fully saturated rings. The molecule has 21 heavy (non-hydrogen) atoms. The normalized spacial score (nSPS) is 21.7. The lowest BCUT2D eigenvalue weighted by atomic mass is 9.89. The van der Waals surface area contributed by atoms with Gasteiger partial charge in [-0.3, -0.25) is 0 Å². The molecule has 1 unspecified atom stereocenters. The molecule has 2 heterocycles. The van der Waals surface area contributed by atoms with Crippen LogP contribution in [0.3, 0.4) is 0 Å². The first-order valence-electron chi connectivity index (χ1n) is 7.65. The smallest absolute Gasteiger partial charge is 0.244 e. The van der Waals surface area contributed by atoms with E-state index >= 15 is 0 Å². The minimum atomic E-state index is -3.37. The maximum Gasteiger partial charge on any atom is 0.244 e. The summed E-state index contributed by atoms with van der Waals surface area (Å²) in [4.78, 5) is 2.23. The maximum atomic E-state index is 12.9. The van der Waals surface area contributed by atoms with Crippen molar-refractivity contribution in [2.75, 3.05) is 13.1 Å². The van der Waals surface area contributed by atoms with E-state index in [1.54, 1.807) is 10.4 Å². The standard InChI is InChI=1S/C15H26N2O2S2/c1-11(2)13-5-4-7-17(8-6-13)21(18,19)15-9-14(10-16)20-12(15)3/h9,11,13H,4-8,10,16H2,1-3H3. The number of rotatable bonds is 4. The lowest BCUT2D eigenvalue weighted by Gasteiger charge is -2.21. The third kappa shape index (κ3) is 3.67. The zero-order valence-corrected chi connectivity index (χ0v) is 14.8. The first kappa shape index (κ1) is 16.9. The van der Waals surface area contributed by atoms with Gasteiger partial charge in [-0.2, -0.15) is 4.31 Å². The van der Waals surface area contributed by atoms with Crippen LogP contribution in [0.15, 0.2) is 11.0 Å². The summed E-state index contributed by atoms with van der Waals surface area (Å²) in [5.41, 5.74) is 5.63. The summed E-state index contributed by atoms with van der Waals surface area (Å²) >= 11 is 1.49. The Morgan fingerprint density at radius 3 is 2.67 bits per heavy atom. The molecule has 6 heteroatoms. The minimum absolute atomic E-state index is 0.399. The predicted octanol–water partition coefficient (Wildman–Crippen LogP) is 2.96. The van der Waals surface area contributed by atoms with Gasteiger partial charge in [-0.25, -0.2) is 8.42 Å². The Morgan fingerprint density at radius 1 is 1.38 bits per heavy atom. The molecule has 1 aromatic heterocycles. The van der Waals surface area contributed by atoms with Crippen LogP contribution < -0.4 is 5.73 Å². The third-order valence-electron chi connectivity index (χ3n) is 4.42. The molecular weight excluding hydrogens is 304 g/mol. The molecule has 0 radical (unpaired) electrons. The molecule has 1 aliphatic rings. The van der Waals surface area contributed by atoms with Gasteiger partial charge in [0.25, 0.3) is 0 Å². The Kier molecular flexibility index (Phi) is 5.46. The number of nitrogens with zero attached hydrogens (tertiary/aromatic N) is 1. The fraction of sp³-hybridized carbons (Fsp3) is 0.733. The molecule has 1 aliphatic heterocycles. The number of hydrogen-bond donors (Lipinski definition) is 1. The molecule has 0 saturated carbocycles. The van der Waals surface area contributed by atoms with Crippen molar-refractivity contribution in [1.82, 2.24) is 4.31 Å². The van der Waals surface area contributed by atoms with Gasteiger partial charge in [-0.1, -0.05) is 13.8 Å². The zero-order valence-electron chi connectivity index (χ0n) is 13.1. The van der Waals surface area contributed by atoms with Crippen molar-refractivity contribution in [3.8, 4) is 0 Å².